The highest BCUT2D eigenvalue weighted by molar-refractivity contribution is 7.99. The van der Waals surface area contributed by atoms with Gasteiger partial charge in [0.1, 0.15) is 5.82 Å². The number of thioether (sulfide) groups is 1. The highest BCUT2D eigenvalue weighted by Crippen LogP contribution is 2.29. The molecule has 0 saturated heterocycles. The zero-order valence-electron chi connectivity index (χ0n) is 16.5. The number of hydrogen-bond acceptors (Lipinski definition) is 6. The van der Waals surface area contributed by atoms with Gasteiger partial charge >= 0.3 is 0 Å². The number of rotatable bonds is 7. The Labute approximate surface area is 182 Å². The number of halogens is 1. The van der Waals surface area contributed by atoms with E-state index in [0.717, 1.165) is 5.69 Å². The van der Waals surface area contributed by atoms with Crippen LogP contribution in [0.25, 0.3) is 17.1 Å². The van der Waals surface area contributed by atoms with Crippen molar-refractivity contribution in [1.82, 2.24) is 19.7 Å². The van der Waals surface area contributed by atoms with Crippen LogP contribution in [-0.4, -0.2) is 38.5 Å². The summed E-state index contributed by atoms with van der Waals surface area (Å²) in [6.07, 6.45) is 1.57. The standard InChI is InChI=1S/C22H18FN5O2S/c1-30-18-12-7-13-24-20(18)25-19(29)14-31-22-27-26-21(16-10-5-6-11-17(16)23)28(22)15-8-3-2-4-9-15/h2-13H,14H2,1H3,(H,24,25,29). The smallest absolute Gasteiger partial charge is 0.236 e. The van der Waals surface area contributed by atoms with Crippen molar-refractivity contribution in [2.75, 3.05) is 18.2 Å². The lowest BCUT2D eigenvalue weighted by Crippen LogP contribution is -2.16. The number of carbonyl (C=O) groups is 1. The highest BCUT2D eigenvalue weighted by atomic mass is 32.2. The van der Waals surface area contributed by atoms with E-state index in [1.54, 1.807) is 41.1 Å². The summed E-state index contributed by atoms with van der Waals surface area (Å²) >= 11 is 1.19. The fraction of sp³-hybridized carbons (Fsp3) is 0.0909. The lowest BCUT2D eigenvalue weighted by Gasteiger charge is -2.11. The first kappa shape index (κ1) is 20.5. The molecule has 4 aromatic rings. The molecule has 0 aliphatic heterocycles. The van der Waals surface area contributed by atoms with Crippen LogP contribution in [0.2, 0.25) is 0 Å². The summed E-state index contributed by atoms with van der Waals surface area (Å²) in [7, 11) is 1.51. The summed E-state index contributed by atoms with van der Waals surface area (Å²) in [6, 6.07) is 19.2. The molecule has 31 heavy (non-hydrogen) atoms. The normalized spacial score (nSPS) is 10.6. The van der Waals surface area contributed by atoms with Crippen molar-refractivity contribution in [2.45, 2.75) is 5.16 Å². The third kappa shape index (κ3) is 4.56. The second kappa shape index (κ2) is 9.40. The van der Waals surface area contributed by atoms with E-state index in [-0.39, 0.29) is 11.7 Å². The van der Waals surface area contributed by atoms with Crippen LogP contribution in [-0.2, 0) is 4.79 Å². The molecule has 1 N–H and O–H groups in total. The van der Waals surface area contributed by atoms with E-state index >= 15 is 0 Å². The SMILES string of the molecule is COc1cccnc1NC(=O)CSc1nnc(-c2ccccc2F)n1-c1ccccc1. The maximum Gasteiger partial charge on any atom is 0.236 e. The minimum Gasteiger partial charge on any atom is -0.493 e. The van der Waals surface area contributed by atoms with Gasteiger partial charge in [0.05, 0.1) is 18.4 Å². The summed E-state index contributed by atoms with van der Waals surface area (Å²) < 4.78 is 21.4. The van der Waals surface area contributed by atoms with Crippen LogP contribution in [0.1, 0.15) is 0 Å². The Morgan fingerprint density at radius 3 is 2.61 bits per heavy atom. The van der Waals surface area contributed by atoms with E-state index < -0.39 is 5.82 Å². The fourth-order valence-corrected chi connectivity index (χ4v) is 3.69. The van der Waals surface area contributed by atoms with Gasteiger partial charge in [-0.15, -0.1) is 10.2 Å². The van der Waals surface area contributed by atoms with Gasteiger partial charge in [0.2, 0.25) is 5.91 Å². The largest absolute Gasteiger partial charge is 0.493 e. The molecule has 9 heteroatoms. The molecule has 0 spiro atoms. The fourth-order valence-electron chi connectivity index (χ4n) is 2.94. The topological polar surface area (TPSA) is 81.9 Å². The molecule has 2 aromatic heterocycles. The molecule has 0 atom stereocenters. The van der Waals surface area contributed by atoms with Gasteiger partial charge in [-0.1, -0.05) is 42.1 Å². The first-order valence-corrected chi connectivity index (χ1v) is 10.3. The zero-order valence-corrected chi connectivity index (χ0v) is 17.3. The minimum absolute atomic E-state index is 0.0575. The van der Waals surface area contributed by atoms with Crippen molar-refractivity contribution in [3.05, 3.63) is 78.7 Å². The molecule has 1 amide bonds. The number of methoxy groups -OCH3 is 1. The first-order valence-electron chi connectivity index (χ1n) is 9.35. The predicted molar refractivity (Wildman–Crippen MR) is 117 cm³/mol. The summed E-state index contributed by atoms with van der Waals surface area (Å²) in [6.45, 7) is 0. The molecule has 0 aliphatic rings. The van der Waals surface area contributed by atoms with Crippen LogP contribution in [0, 0.1) is 5.82 Å². The third-order valence-electron chi connectivity index (χ3n) is 4.34. The van der Waals surface area contributed by atoms with Crippen molar-refractivity contribution < 1.29 is 13.9 Å². The molecular formula is C22H18FN5O2S. The zero-order chi connectivity index (χ0) is 21.6. The van der Waals surface area contributed by atoms with Gasteiger partial charge in [-0.25, -0.2) is 9.37 Å². The molecular weight excluding hydrogens is 417 g/mol. The van der Waals surface area contributed by atoms with Gasteiger partial charge in [-0.3, -0.25) is 9.36 Å². The molecule has 0 unspecified atom stereocenters. The van der Waals surface area contributed by atoms with Gasteiger partial charge in [-0.2, -0.15) is 0 Å². The number of carbonyl (C=O) groups excluding carboxylic acids is 1. The summed E-state index contributed by atoms with van der Waals surface area (Å²) in [5.74, 6) is 0.545. The molecule has 0 radical (unpaired) electrons. The maximum absolute atomic E-state index is 14.4. The first-order chi connectivity index (χ1) is 15.2. The number of hydrogen-bond donors (Lipinski definition) is 1. The molecule has 2 aromatic carbocycles. The quantitative estimate of drug-likeness (QED) is 0.438. The van der Waals surface area contributed by atoms with E-state index in [0.29, 0.717) is 28.1 Å². The van der Waals surface area contributed by atoms with Gasteiger partial charge in [0, 0.05) is 11.9 Å². The minimum atomic E-state index is -0.399. The third-order valence-corrected chi connectivity index (χ3v) is 5.27. The van der Waals surface area contributed by atoms with E-state index in [1.807, 2.05) is 30.3 Å². The van der Waals surface area contributed by atoms with Crippen molar-refractivity contribution in [3.8, 4) is 22.8 Å². The predicted octanol–water partition coefficient (Wildman–Crippen LogP) is 4.21. The average molecular weight is 435 g/mol. The molecule has 4 rings (SSSR count). The lowest BCUT2D eigenvalue weighted by atomic mass is 10.2. The van der Waals surface area contributed by atoms with Gasteiger partial charge in [-0.05, 0) is 36.4 Å². The van der Waals surface area contributed by atoms with E-state index in [4.69, 9.17) is 4.74 Å². The molecule has 0 aliphatic carbocycles. The Balaban J connectivity index is 1.60. The van der Waals surface area contributed by atoms with Crippen LogP contribution in [0.15, 0.2) is 78.1 Å². The maximum atomic E-state index is 14.4. The second-order valence-electron chi connectivity index (χ2n) is 6.35. The summed E-state index contributed by atoms with van der Waals surface area (Å²) in [4.78, 5) is 16.6. The molecule has 0 bridgehead atoms. The number of anilines is 1. The van der Waals surface area contributed by atoms with Gasteiger partial charge < -0.3 is 10.1 Å². The number of benzene rings is 2. The Morgan fingerprint density at radius 2 is 1.84 bits per heavy atom. The number of nitrogens with one attached hydrogen (secondary N) is 1. The second-order valence-corrected chi connectivity index (χ2v) is 7.29. The van der Waals surface area contributed by atoms with Crippen LogP contribution >= 0.6 is 11.8 Å². The Morgan fingerprint density at radius 1 is 1.06 bits per heavy atom. The molecule has 0 fully saturated rings. The lowest BCUT2D eigenvalue weighted by molar-refractivity contribution is -0.113. The van der Waals surface area contributed by atoms with Crippen LogP contribution in [0.4, 0.5) is 10.2 Å². The van der Waals surface area contributed by atoms with Gasteiger partial charge in [0.25, 0.3) is 0 Å². The highest BCUT2D eigenvalue weighted by Gasteiger charge is 2.19. The van der Waals surface area contributed by atoms with E-state index in [1.165, 1.54) is 24.9 Å². The van der Waals surface area contributed by atoms with Crippen LogP contribution < -0.4 is 10.1 Å². The van der Waals surface area contributed by atoms with E-state index in [2.05, 4.69) is 20.5 Å². The number of ether oxygens (including phenoxy) is 1. The van der Waals surface area contributed by atoms with Crippen molar-refractivity contribution in [2.24, 2.45) is 0 Å². The summed E-state index contributed by atoms with van der Waals surface area (Å²) in [5.41, 5.74) is 1.09. The van der Waals surface area contributed by atoms with Crippen molar-refractivity contribution in [3.63, 3.8) is 0 Å². The number of pyridine rings is 1. The Kier molecular flexibility index (Phi) is 6.23. The van der Waals surface area contributed by atoms with Crippen molar-refractivity contribution in [1.29, 1.82) is 0 Å². The molecule has 156 valence electrons. The number of nitrogens with zero attached hydrogens (tertiary/aromatic N) is 4. The molecule has 7 nitrogen and oxygen atoms in total. The van der Waals surface area contributed by atoms with Crippen molar-refractivity contribution >= 4 is 23.5 Å². The van der Waals surface area contributed by atoms with Crippen LogP contribution in [0.5, 0.6) is 5.75 Å². The average Bonchev–Trinajstić information content (AvgIpc) is 3.22. The van der Waals surface area contributed by atoms with Gasteiger partial charge in [0.15, 0.2) is 22.5 Å². The Hall–Kier alpha value is -3.72. The number of aromatic nitrogens is 4. The monoisotopic (exact) mass is 435 g/mol. The van der Waals surface area contributed by atoms with Crippen LogP contribution in [0.3, 0.4) is 0 Å². The summed E-state index contributed by atoms with van der Waals surface area (Å²) in [5, 5.41) is 11.6. The molecule has 2 heterocycles. The molecule has 0 saturated carbocycles. The number of para-hydroxylation sites is 1. The Bertz CT molecular complexity index is 1200. The van der Waals surface area contributed by atoms with E-state index in [9.17, 15) is 9.18 Å². The number of amides is 1.